The standard InChI is InChI=1S/C12H10BrN3O2/c13-11-9-3-1-2-8(16(9)6-14-11)7-4-5-10(17)15-12(7)18/h1-3,6-7H,4-5H2,(H,15,17,18). The number of aromatic nitrogens is 2. The summed E-state index contributed by atoms with van der Waals surface area (Å²) in [6, 6.07) is 5.70. The molecule has 0 aromatic carbocycles. The molecule has 1 atom stereocenters. The summed E-state index contributed by atoms with van der Waals surface area (Å²) in [7, 11) is 0. The predicted octanol–water partition coefficient (Wildman–Crippen LogP) is 1.62. The Labute approximate surface area is 111 Å². The fourth-order valence-corrected chi connectivity index (χ4v) is 2.68. The number of fused-ring (bicyclic) bond motifs is 1. The smallest absolute Gasteiger partial charge is 0.235 e. The predicted molar refractivity (Wildman–Crippen MR) is 68.0 cm³/mol. The van der Waals surface area contributed by atoms with Crippen LogP contribution in [0.3, 0.4) is 0 Å². The van der Waals surface area contributed by atoms with E-state index in [2.05, 4.69) is 26.2 Å². The van der Waals surface area contributed by atoms with Crippen molar-refractivity contribution in [3.63, 3.8) is 0 Å². The topological polar surface area (TPSA) is 63.5 Å². The molecule has 6 heteroatoms. The molecule has 2 aromatic heterocycles. The maximum absolute atomic E-state index is 11.9. The molecule has 0 saturated carbocycles. The van der Waals surface area contributed by atoms with Crippen molar-refractivity contribution in [1.82, 2.24) is 14.7 Å². The van der Waals surface area contributed by atoms with Gasteiger partial charge in [0.15, 0.2) is 0 Å². The second-order valence-electron chi connectivity index (χ2n) is 4.24. The van der Waals surface area contributed by atoms with Crippen LogP contribution in [0.1, 0.15) is 24.5 Å². The van der Waals surface area contributed by atoms with Gasteiger partial charge in [-0.3, -0.25) is 14.9 Å². The third-order valence-corrected chi connectivity index (χ3v) is 3.76. The van der Waals surface area contributed by atoms with Crippen LogP contribution in [0.2, 0.25) is 0 Å². The van der Waals surface area contributed by atoms with Gasteiger partial charge >= 0.3 is 0 Å². The second kappa shape index (κ2) is 4.20. The molecule has 1 aliphatic rings. The van der Waals surface area contributed by atoms with Gasteiger partial charge in [-0.2, -0.15) is 0 Å². The molecule has 1 saturated heterocycles. The summed E-state index contributed by atoms with van der Waals surface area (Å²) in [5.41, 5.74) is 1.77. The lowest BCUT2D eigenvalue weighted by molar-refractivity contribution is -0.134. The highest BCUT2D eigenvalue weighted by Crippen LogP contribution is 2.27. The van der Waals surface area contributed by atoms with Crippen molar-refractivity contribution in [2.24, 2.45) is 0 Å². The summed E-state index contributed by atoms with van der Waals surface area (Å²) < 4.78 is 2.63. The summed E-state index contributed by atoms with van der Waals surface area (Å²) in [6.07, 6.45) is 2.60. The zero-order valence-electron chi connectivity index (χ0n) is 9.39. The quantitative estimate of drug-likeness (QED) is 0.814. The van der Waals surface area contributed by atoms with E-state index in [1.807, 2.05) is 22.6 Å². The average molecular weight is 308 g/mol. The van der Waals surface area contributed by atoms with E-state index in [-0.39, 0.29) is 17.7 Å². The number of hydrogen-bond acceptors (Lipinski definition) is 3. The summed E-state index contributed by atoms with van der Waals surface area (Å²) in [5, 5.41) is 2.38. The van der Waals surface area contributed by atoms with Gasteiger partial charge < -0.3 is 4.40 Å². The highest BCUT2D eigenvalue weighted by molar-refractivity contribution is 9.10. The minimum atomic E-state index is -0.299. The van der Waals surface area contributed by atoms with Gasteiger partial charge in [-0.05, 0) is 34.5 Å². The molecular formula is C12H10BrN3O2. The van der Waals surface area contributed by atoms with E-state index in [1.165, 1.54) is 0 Å². The molecule has 1 N–H and O–H groups in total. The first-order valence-electron chi connectivity index (χ1n) is 5.62. The van der Waals surface area contributed by atoms with Gasteiger partial charge in [0.25, 0.3) is 0 Å². The maximum Gasteiger partial charge on any atom is 0.235 e. The van der Waals surface area contributed by atoms with E-state index in [9.17, 15) is 9.59 Å². The zero-order valence-corrected chi connectivity index (χ0v) is 11.0. The van der Waals surface area contributed by atoms with Crippen LogP contribution in [0.15, 0.2) is 29.1 Å². The van der Waals surface area contributed by atoms with Crippen LogP contribution in [0.25, 0.3) is 5.52 Å². The largest absolute Gasteiger partial charge is 0.301 e. The van der Waals surface area contributed by atoms with Crippen molar-refractivity contribution >= 4 is 33.3 Å². The monoisotopic (exact) mass is 307 g/mol. The lowest BCUT2D eigenvalue weighted by Gasteiger charge is -2.21. The molecule has 0 spiro atoms. The van der Waals surface area contributed by atoms with Gasteiger partial charge in [0.1, 0.15) is 10.9 Å². The Morgan fingerprint density at radius 2 is 2.22 bits per heavy atom. The van der Waals surface area contributed by atoms with Crippen LogP contribution in [0.5, 0.6) is 0 Å². The van der Waals surface area contributed by atoms with Crippen LogP contribution in [0.4, 0.5) is 0 Å². The van der Waals surface area contributed by atoms with Crippen molar-refractivity contribution in [2.75, 3.05) is 0 Å². The highest BCUT2D eigenvalue weighted by atomic mass is 79.9. The van der Waals surface area contributed by atoms with Gasteiger partial charge in [0.05, 0.1) is 11.4 Å². The van der Waals surface area contributed by atoms with E-state index in [4.69, 9.17) is 0 Å². The number of nitrogens with zero attached hydrogens (tertiary/aromatic N) is 2. The van der Waals surface area contributed by atoms with Gasteiger partial charge in [-0.1, -0.05) is 6.07 Å². The zero-order chi connectivity index (χ0) is 12.7. The molecule has 3 heterocycles. The minimum Gasteiger partial charge on any atom is -0.301 e. The Morgan fingerprint density at radius 1 is 1.39 bits per heavy atom. The summed E-state index contributed by atoms with van der Waals surface area (Å²) in [5.74, 6) is -0.730. The number of piperidine rings is 1. The number of imide groups is 1. The molecule has 1 fully saturated rings. The first-order chi connectivity index (χ1) is 8.66. The average Bonchev–Trinajstić information content (AvgIpc) is 2.72. The number of halogens is 1. The van der Waals surface area contributed by atoms with E-state index in [0.29, 0.717) is 12.8 Å². The Hall–Kier alpha value is -1.69. The summed E-state index contributed by atoms with van der Waals surface area (Å²) in [6.45, 7) is 0. The van der Waals surface area contributed by atoms with Crippen LogP contribution >= 0.6 is 15.9 Å². The molecule has 0 aliphatic carbocycles. The SMILES string of the molecule is O=C1CCC(c2cccc3c(Br)ncn23)C(=O)N1. The maximum atomic E-state index is 11.9. The molecule has 3 rings (SSSR count). The van der Waals surface area contributed by atoms with E-state index >= 15 is 0 Å². The lowest BCUT2D eigenvalue weighted by atomic mass is 9.94. The third kappa shape index (κ3) is 1.73. The van der Waals surface area contributed by atoms with Crippen molar-refractivity contribution in [2.45, 2.75) is 18.8 Å². The minimum absolute atomic E-state index is 0.199. The number of imidazole rings is 1. The van der Waals surface area contributed by atoms with Gasteiger partial charge in [0.2, 0.25) is 11.8 Å². The Kier molecular flexibility index (Phi) is 2.66. The number of pyridine rings is 1. The number of hydrogen-bond donors (Lipinski definition) is 1. The second-order valence-corrected chi connectivity index (χ2v) is 5.00. The van der Waals surface area contributed by atoms with Gasteiger partial charge in [-0.25, -0.2) is 4.98 Å². The summed E-state index contributed by atoms with van der Waals surface area (Å²) in [4.78, 5) is 27.2. The van der Waals surface area contributed by atoms with Gasteiger partial charge in [-0.15, -0.1) is 0 Å². The molecular weight excluding hydrogens is 298 g/mol. The molecule has 2 aromatic rings. The molecule has 1 aliphatic heterocycles. The van der Waals surface area contributed by atoms with Crippen molar-refractivity contribution in [3.05, 3.63) is 34.8 Å². The van der Waals surface area contributed by atoms with Crippen LogP contribution in [-0.2, 0) is 9.59 Å². The number of amides is 2. The lowest BCUT2D eigenvalue weighted by Crippen LogP contribution is -2.40. The van der Waals surface area contributed by atoms with Crippen LogP contribution in [-0.4, -0.2) is 21.2 Å². The summed E-state index contributed by atoms with van der Waals surface area (Å²) >= 11 is 3.36. The number of carbonyl (C=O) groups is 2. The third-order valence-electron chi connectivity index (χ3n) is 3.15. The van der Waals surface area contributed by atoms with E-state index < -0.39 is 0 Å². The van der Waals surface area contributed by atoms with Gasteiger partial charge in [0, 0.05) is 12.1 Å². The van der Waals surface area contributed by atoms with E-state index in [1.54, 1.807) is 6.33 Å². The first-order valence-corrected chi connectivity index (χ1v) is 6.41. The van der Waals surface area contributed by atoms with Crippen LogP contribution < -0.4 is 5.32 Å². The molecule has 5 nitrogen and oxygen atoms in total. The number of nitrogens with one attached hydrogen (secondary N) is 1. The Morgan fingerprint density at radius 3 is 3.00 bits per heavy atom. The Bertz CT molecular complexity index is 650. The molecule has 0 radical (unpaired) electrons. The molecule has 0 bridgehead atoms. The molecule has 92 valence electrons. The molecule has 2 amide bonds. The highest BCUT2D eigenvalue weighted by Gasteiger charge is 2.29. The first kappa shape index (κ1) is 11.4. The fourth-order valence-electron chi connectivity index (χ4n) is 2.27. The molecule has 18 heavy (non-hydrogen) atoms. The fraction of sp³-hybridized carbons (Fsp3) is 0.250. The molecule has 1 unspecified atom stereocenters. The number of rotatable bonds is 1. The van der Waals surface area contributed by atoms with Crippen molar-refractivity contribution in [3.8, 4) is 0 Å². The van der Waals surface area contributed by atoms with Crippen molar-refractivity contribution < 1.29 is 9.59 Å². The van der Waals surface area contributed by atoms with Crippen molar-refractivity contribution in [1.29, 1.82) is 0 Å². The van der Waals surface area contributed by atoms with Crippen LogP contribution in [0, 0.1) is 0 Å². The number of carbonyl (C=O) groups excluding carboxylic acids is 2. The van der Waals surface area contributed by atoms with E-state index in [0.717, 1.165) is 15.8 Å². The Balaban J connectivity index is 2.09. The normalized spacial score (nSPS) is 20.2.